The van der Waals surface area contributed by atoms with Gasteiger partial charge in [-0.05, 0) is 32.2 Å². The molecule has 2 heterocycles. The van der Waals surface area contributed by atoms with Crippen LogP contribution >= 0.6 is 0 Å². The van der Waals surface area contributed by atoms with Crippen molar-refractivity contribution in [2.75, 3.05) is 33.4 Å². The number of methoxy groups -OCH3 is 1. The summed E-state index contributed by atoms with van der Waals surface area (Å²) >= 11 is 0. The minimum Gasteiger partial charge on any atom is -0.468 e. The van der Waals surface area contributed by atoms with E-state index >= 15 is 0 Å². The number of nitrogens with zero attached hydrogens (tertiary/aromatic N) is 1. The Balaban J connectivity index is 1.82. The molecule has 0 radical (unpaired) electrons. The van der Waals surface area contributed by atoms with E-state index in [0.717, 1.165) is 38.6 Å². The summed E-state index contributed by atoms with van der Waals surface area (Å²) in [4.78, 5) is 25.8. The number of esters is 1. The first-order chi connectivity index (χ1) is 9.70. The lowest BCUT2D eigenvalue weighted by Crippen LogP contribution is -2.51. The predicted molar refractivity (Wildman–Crippen MR) is 73.2 cm³/mol. The van der Waals surface area contributed by atoms with Crippen LogP contribution in [0.25, 0.3) is 0 Å². The average Bonchev–Trinajstić information content (AvgIpc) is 2.48. The van der Waals surface area contributed by atoms with Crippen molar-refractivity contribution >= 4 is 11.9 Å². The molecule has 0 bridgehead atoms. The van der Waals surface area contributed by atoms with Gasteiger partial charge in [0.25, 0.3) is 0 Å². The molecule has 0 saturated carbocycles. The Morgan fingerprint density at radius 1 is 1.25 bits per heavy atom. The molecule has 1 N–H and O–H groups in total. The zero-order chi connectivity index (χ0) is 14.4. The van der Waals surface area contributed by atoms with Gasteiger partial charge in [-0.15, -0.1) is 0 Å². The van der Waals surface area contributed by atoms with Crippen LogP contribution in [0, 0.1) is 0 Å². The van der Waals surface area contributed by atoms with Gasteiger partial charge in [0.2, 0.25) is 5.91 Å². The smallest absolute Gasteiger partial charge is 0.323 e. The number of rotatable bonds is 4. The van der Waals surface area contributed by atoms with Crippen molar-refractivity contribution in [2.45, 2.75) is 44.2 Å². The number of piperidine rings is 1. The van der Waals surface area contributed by atoms with Gasteiger partial charge in [-0.2, -0.15) is 0 Å². The molecule has 0 aromatic rings. The first-order valence-corrected chi connectivity index (χ1v) is 7.39. The van der Waals surface area contributed by atoms with E-state index in [2.05, 4.69) is 5.32 Å². The van der Waals surface area contributed by atoms with Gasteiger partial charge in [-0.3, -0.25) is 14.5 Å². The van der Waals surface area contributed by atoms with Crippen molar-refractivity contribution in [3.8, 4) is 0 Å². The summed E-state index contributed by atoms with van der Waals surface area (Å²) in [6.07, 6.45) is 4.55. The van der Waals surface area contributed by atoms with Crippen LogP contribution in [0.2, 0.25) is 0 Å². The molecule has 114 valence electrons. The highest BCUT2D eigenvalue weighted by Crippen LogP contribution is 2.17. The number of hydrogen-bond acceptors (Lipinski definition) is 5. The fraction of sp³-hybridized carbons (Fsp3) is 0.857. The summed E-state index contributed by atoms with van der Waals surface area (Å²) < 4.78 is 10.1. The van der Waals surface area contributed by atoms with Crippen LogP contribution in [0.5, 0.6) is 0 Å². The molecule has 0 aliphatic carbocycles. The van der Waals surface area contributed by atoms with E-state index in [1.165, 1.54) is 7.11 Å². The maximum atomic E-state index is 12.1. The largest absolute Gasteiger partial charge is 0.468 e. The number of nitrogens with one attached hydrogen (secondary N) is 1. The van der Waals surface area contributed by atoms with Crippen molar-refractivity contribution < 1.29 is 19.1 Å². The SMILES string of the molecule is COC(=O)C1CCCCN1CC(=O)NC1CCOCC1. The van der Waals surface area contributed by atoms with Crippen molar-refractivity contribution in [1.29, 1.82) is 0 Å². The van der Waals surface area contributed by atoms with E-state index in [-0.39, 0.29) is 30.5 Å². The van der Waals surface area contributed by atoms with Gasteiger partial charge in [0.15, 0.2) is 0 Å². The van der Waals surface area contributed by atoms with Crippen LogP contribution in [0.1, 0.15) is 32.1 Å². The number of amides is 1. The Morgan fingerprint density at radius 3 is 2.70 bits per heavy atom. The van der Waals surface area contributed by atoms with Gasteiger partial charge in [0.1, 0.15) is 6.04 Å². The summed E-state index contributed by atoms with van der Waals surface area (Å²) in [5.41, 5.74) is 0. The highest BCUT2D eigenvalue weighted by Gasteiger charge is 2.31. The van der Waals surface area contributed by atoms with Crippen molar-refractivity contribution in [1.82, 2.24) is 10.2 Å². The molecule has 2 saturated heterocycles. The van der Waals surface area contributed by atoms with Crippen LogP contribution in [-0.4, -0.2) is 62.3 Å². The second-order valence-corrected chi connectivity index (χ2v) is 5.46. The summed E-state index contributed by atoms with van der Waals surface area (Å²) in [5, 5.41) is 3.03. The lowest BCUT2D eigenvalue weighted by molar-refractivity contribution is -0.148. The van der Waals surface area contributed by atoms with Gasteiger partial charge in [0, 0.05) is 19.3 Å². The maximum Gasteiger partial charge on any atom is 0.323 e. The van der Waals surface area contributed by atoms with E-state index in [0.29, 0.717) is 13.2 Å². The molecule has 2 aliphatic heterocycles. The molecule has 2 rings (SSSR count). The van der Waals surface area contributed by atoms with Crippen LogP contribution < -0.4 is 5.32 Å². The second kappa shape index (κ2) is 7.59. The molecule has 6 heteroatoms. The predicted octanol–water partition coefficient (Wildman–Crippen LogP) is 0.309. The van der Waals surface area contributed by atoms with Gasteiger partial charge in [-0.1, -0.05) is 6.42 Å². The van der Waals surface area contributed by atoms with Gasteiger partial charge in [-0.25, -0.2) is 0 Å². The second-order valence-electron chi connectivity index (χ2n) is 5.46. The zero-order valence-electron chi connectivity index (χ0n) is 12.1. The fourth-order valence-corrected chi connectivity index (χ4v) is 2.88. The third-order valence-corrected chi connectivity index (χ3v) is 4.02. The maximum absolute atomic E-state index is 12.1. The van der Waals surface area contributed by atoms with Crippen molar-refractivity contribution in [3.63, 3.8) is 0 Å². The standard InChI is InChI=1S/C14H24N2O4/c1-19-14(18)12-4-2-3-7-16(12)10-13(17)15-11-5-8-20-9-6-11/h11-12H,2-10H2,1H3,(H,15,17). The fourth-order valence-electron chi connectivity index (χ4n) is 2.88. The number of likely N-dealkylation sites (tertiary alicyclic amines) is 1. The highest BCUT2D eigenvalue weighted by molar-refractivity contribution is 5.80. The average molecular weight is 284 g/mol. The third kappa shape index (κ3) is 4.18. The van der Waals surface area contributed by atoms with Crippen LogP contribution in [0.4, 0.5) is 0 Å². The molecule has 0 spiro atoms. The first-order valence-electron chi connectivity index (χ1n) is 7.39. The third-order valence-electron chi connectivity index (χ3n) is 4.02. The minimum atomic E-state index is -0.269. The lowest BCUT2D eigenvalue weighted by Gasteiger charge is -2.33. The summed E-state index contributed by atoms with van der Waals surface area (Å²) in [5.74, 6) is -0.240. The van der Waals surface area contributed by atoms with E-state index in [9.17, 15) is 9.59 Å². The van der Waals surface area contributed by atoms with E-state index < -0.39 is 0 Å². The number of hydrogen-bond donors (Lipinski definition) is 1. The molecule has 20 heavy (non-hydrogen) atoms. The Kier molecular flexibility index (Phi) is 5.79. The molecule has 2 fully saturated rings. The van der Waals surface area contributed by atoms with Crippen molar-refractivity contribution in [3.05, 3.63) is 0 Å². The summed E-state index contributed by atoms with van der Waals surface area (Å²) in [7, 11) is 1.40. The van der Waals surface area contributed by atoms with Crippen LogP contribution in [0.3, 0.4) is 0 Å². The van der Waals surface area contributed by atoms with E-state index in [1.807, 2.05) is 4.90 Å². The Bertz CT molecular complexity index is 342. The van der Waals surface area contributed by atoms with E-state index in [1.54, 1.807) is 0 Å². The lowest BCUT2D eigenvalue weighted by atomic mass is 10.0. The molecule has 1 amide bonds. The van der Waals surface area contributed by atoms with Crippen LogP contribution in [0.15, 0.2) is 0 Å². The number of ether oxygens (including phenoxy) is 2. The quantitative estimate of drug-likeness (QED) is 0.753. The zero-order valence-corrected chi connectivity index (χ0v) is 12.1. The van der Waals surface area contributed by atoms with Crippen molar-refractivity contribution in [2.24, 2.45) is 0 Å². The summed E-state index contributed by atoms with van der Waals surface area (Å²) in [6, 6.07) is -0.0631. The summed E-state index contributed by atoms with van der Waals surface area (Å²) in [6.45, 7) is 2.47. The molecule has 0 aromatic heterocycles. The first kappa shape index (κ1) is 15.3. The van der Waals surface area contributed by atoms with Gasteiger partial charge < -0.3 is 14.8 Å². The molecule has 1 atom stereocenters. The van der Waals surface area contributed by atoms with E-state index in [4.69, 9.17) is 9.47 Å². The van der Waals surface area contributed by atoms with Gasteiger partial charge >= 0.3 is 5.97 Å². The Labute approximate surface area is 119 Å². The van der Waals surface area contributed by atoms with Crippen LogP contribution in [-0.2, 0) is 19.1 Å². The molecular weight excluding hydrogens is 260 g/mol. The Hall–Kier alpha value is -1.14. The topological polar surface area (TPSA) is 67.9 Å². The highest BCUT2D eigenvalue weighted by atomic mass is 16.5. The Morgan fingerprint density at radius 2 is 2.00 bits per heavy atom. The molecule has 1 unspecified atom stereocenters. The molecule has 0 aromatic carbocycles. The normalized spacial score (nSPS) is 25.1. The number of carbonyl (C=O) groups is 2. The molecule has 2 aliphatic rings. The minimum absolute atomic E-state index is 0.00676. The molecule has 6 nitrogen and oxygen atoms in total. The molecular formula is C14H24N2O4. The monoisotopic (exact) mass is 284 g/mol. The number of carbonyl (C=O) groups excluding carboxylic acids is 2. The van der Waals surface area contributed by atoms with Gasteiger partial charge in [0.05, 0.1) is 13.7 Å².